The number of carbonyl (C=O) groups excluding carboxylic acids is 1. The van der Waals surface area contributed by atoms with E-state index in [1.165, 1.54) is 167 Å². The number of rotatable bonds is 47. The first-order chi connectivity index (χ1) is 29.5. The van der Waals surface area contributed by atoms with Crippen molar-refractivity contribution in [2.75, 3.05) is 40.9 Å². The van der Waals surface area contributed by atoms with E-state index in [1.54, 1.807) is 6.08 Å². The van der Waals surface area contributed by atoms with Gasteiger partial charge in [0.15, 0.2) is 0 Å². The van der Waals surface area contributed by atoms with Crippen LogP contribution in [0.25, 0.3) is 0 Å². The Morgan fingerprint density at radius 3 is 1.36 bits per heavy atom. The molecule has 0 radical (unpaired) electrons. The lowest BCUT2D eigenvalue weighted by atomic mass is 10.0. The van der Waals surface area contributed by atoms with Crippen LogP contribution in [0.3, 0.4) is 0 Å². The van der Waals surface area contributed by atoms with Crippen molar-refractivity contribution in [2.24, 2.45) is 0 Å². The highest BCUT2D eigenvalue weighted by molar-refractivity contribution is 7.47. The van der Waals surface area contributed by atoms with Crippen LogP contribution in [0, 0.1) is 0 Å². The third-order valence-corrected chi connectivity index (χ3v) is 12.6. The van der Waals surface area contributed by atoms with E-state index in [4.69, 9.17) is 9.05 Å². The number of phosphoric acid groups is 1. The first kappa shape index (κ1) is 59.7. The van der Waals surface area contributed by atoms with E-state index in [-0.39, 0.29) is 19.1 Å². The number of carbonyl (C=O) groups is 1. The lowest BCUT2D eigenvalue weighted by Gasteiger charge is -2.25. The van der Waals surface area contributed by atoms with Crippen LogP contribution in [-0.2, 0) is 18.4 Å². The zero-order chi connectivity index (χ0) is 45.0. The summed E-state index contributed by atoms with van der Waals surface area (Å²) < 4.78 is 23.6. The average Bonchev–Trinajstić information content (AvgIpc) is 3.21. The fourth-order valence-electron chi connectivity index (χ4n) is 7.48. The number of aliphatic hydroxyl groups excluding tert-OH is 1. The Labute approximate surface area is 378 Å². The third-order valence-electron chi connectivity index (χ3n) is 11.6. The molecule has 9 heteroatoms. The van der Waals surface area contributed by atoms with E-state index in [0.717, 1.165) is 51.4 Å². The standard InChI is InChI=1S/C52H101N2O6P/c1-6-8-10-12-14-16-18-20-22-24-26-27-28-29-31-33-35-37-39-41-43-45-51(55)50(49-60-61(57,58)59-48-47-54(3,4)5)53-52(56)46-44-42-40-38-36-34-32-30-25-23-21-19-17-15-13-11-9-7-2/h17,19,23,25,43,45,50-51,55H,6-16,18,20-22,24,26-42,44,46-49H2,1-5H3,(H-,53,56,57,58)/p+1/b19-17-,25-23-,45-43+. The number of hydrogen-bond acceptors (Lipinski definition) is 5. The fourth-order valence-corrected chi connectivity index (χ4v) is 8.22. The van der Waals surface area contributed by atoms with E-state index in [9.17, 15) is 19.4 Å². The summed E-state index contributed by atoms with van der Waals surface area (Å²) in [5, 5.41) is 13.9. The molecule has 0 aromatic rings. The van der Waals surface area contributed by atoms with Crippen molar-refractivity contribution in [1.82, 2.24) is 5.32 Å². The van der Waals surface area contributed by atoms with Crippen LogP contribution in [0.5, 0.6) is 0 Å². The summed E-state index contributed by atoms with van der Waals surface area (Å²) in [6.45, 7) is 4.81. The summed E-state index contributed by atoms with van der Waals surface area (Å²) in [6, 6.07) is -0.850. The SMILES string of the molecule is CCCCCC/C=C\C/C=C\CCCCCCCCCC(=O)NC(COP(=O)(O)OCC[N+](C)(C)C)C(O)/C=C/CCCCCCCCCCCCCCCCCCCCC. The molecule has 0 fully saturated rings. The highest BCUT2D eigenvalue weighted by Crippen LogP contribution is 2.43. The Morgan fingerprint density at radius 2 is 0.934 bits per heavy atom. The third kappa shape index (κ3) is 46.5. The lowest BCUT2D eigenvalue weighted by molar-refractivity contribution is -0.870. The largest absolute Gasteiger partial charge is 0.472 e. The summed E-state index contributed by atoms with van der Waals surface area (Å²) in [6.07, 6.45) is 55.0. The quantitative estimate of drug-likeness (QED) is 0.0243. The van der Waals surface area contributed by atoms with Gasteiger partial charge in [-0.1, -0.05) is 217 Å². The second-order valence-electron chi connectivity index (χ2n) is 18.9. The molecule has 0 aromatic heterocycles. The summed E-state index contributed by atoms with van der Waals surface area (Å²) in [5.74, 6) is -0.184. The van der Waals surface area contributed by atoms with E-state index < -0.39 is 20.0 Å². The molecule has 3 unspecified atom stereocenters. The normalized spacial score (nSPS) is 14.4. The van der Waals surface area contributed by atoms with Crippen molar-refractivity contribution in [3.63, 3.8) is 0 Å². The second-order valence-corrected chi connectivity index (χ2v) is 20.4. The van der Waals surface area contributed by atoms with Crippen LogP contribution in [0.4, 0.5) is 0 Å². The molecule has 0 saturated carbocycles. The number of likely N-dealkylation sites (N-methyl/N-ethyl adjacent to an activating group) is 1. The molecule has 3 N–H and O–H groups in total. The zero-order valence-corrected chi connectivity index (χ0v) is 41.8. The molecular weight excluding hydrogens is 780 g/mol. The summed E-state index contributed by atoms with van der Waals surface area (Å²) in [5.41, 5.74) is 0. The minimum atomic E-state index is -4.34. The molecule has 0 aliphatic heterocycles. The van der Waals surface area contributed by atoms with Gasteiger partial charge in [-0.25, -0.2) is 4.57 Å². The van der Waals surface area contributed by atoms with E-state index >= 15 is 0 Å². The van der Waals surface area contributed by atoms with Crippen molar-refractivity contribution in [2.45, 2.75) is 251 Å². The van der Waals surface area contributed by atoms with Crippen LogP contribution in [-0.4, -0.2) is 73.4 Å². The molecule has 0 bridgehead atoms. The lowest BCUT2D eigenvalue weighted by Crippen LogP contribution is -2.45. The number of phosphoric ester groups is 1. The Bertz CT molecular complexity index is 1090. The van der Waals surface area contributed by atoms with Crippen LogP contribution in [0.1, 0.15) is 239 Å². The van der Waals surface area contributed by atoms with Gasteiger partial charge in [0.25, 0.3) is 0 Å². The minimum Gasteiger partial charge on any atom is -0.387 e. The Balaban J connectivity index is 4.32. The van der Waals surface area contributed by atoms with Gasteiger partial charge in [0.05, 0.1) is 39.9 Å². The highest BCUT2D eigenvalue weighted by Gasteiger charge is 2.27. The molecule has 8 nitrogen and oxygen atoms in total. The molecule has 0 aliphatic carbocycles. The van der Waals surface area contributed by atoms with Gasteiger partial charge in [-0.05, 0) is 51.4 Å². The number of nitrogens with one attached hydrogen (secondary N) is 1. The number of amides is 1. The van der Waals surface area contributed by atoms with Crippen LogP contribution in [0.2, 0.25) is 0 Å². The summed E-state index contributed by atoms with van der Waals surface area (Å²) >= 11 is 0. The molecule has 0 aromatic carbocycles. The van der Waals surface area contributed by atoms with Gasteiger partial charge < -0.3 is 19.8 Å². The van der Waals surface area contributed by atoms with Crippen LogP contribution >= 0.6 is 7.82 Å². The number of aliphatic hydroxyl groups is 1. The maximum absolute atomic E-state index is 12.9. The number of nitrogens with zero attached hydrogens (tertiary/aromatic N) is 1. The van der Waals surface area contributed by atoms with Crippen molar-refractivity contribution in [3.05, 3.63) is 36.5 Å². The fraction of sp³-hybridized carbons (Fsp3) is 0.865. The monoisotopic (exact) mass is 882 g/mol. The van der Waals surface area contributed by atoms with Crippen molar-refractivity contribution < 1.29 is 32.9 Å². The highest BCUT2D eigenvalue weighted by atomic mass is 31.2. The van der Waals surface area contributed by atoms with Gasteiger partial charge in [-0.15, -0.1) is 0 Å². The molecule has 0 aliphatic rings. The predicted octanol–water partition coefficient (Wildman–Crippen LogP) is 15.0. The molecule has 1 amide bonds. The predicted molar refractivity (Wildman–Crippen MR) is 263 cm³/mol. The number of unbranched alkanes of at least 4 members (excludes halogenated alkanes) is 30. The Morgan fingerprint density at radius 1 is 0.557 bits per heavy atom. The van der Waals surface area contributed by atoms with Gasteiger partial charge in [-0.2, -0.15) is 0 Å². The van der Waals surface area contributed by atoms with Gasteiger partial charge >= 0.3 is 7.82 Å². The zero-order valence-electron chi connectivity index (χ0n) is 40.9. The van der Waals surface area contributed by atoms with Crippen LogP contribution < -0.4 is 5.32 Å². The molecule has 0 spiro atoms. The Kier molecular flexibility index (Phi) is 43.0. The molecular formula is C52H102N2O6P+. The van der Waals surface area contributed by atoms with E-state index in [2.05, 4.69) is 43.5 Å². The maximum atomic E-state index is 12.9. The maximum Gasteiger partial charge on any atom is 0.472 e. The number of allylic oxidation sites excluding steroid dienone is 5. The molecule has 3 atom stereocenters. The van der Waals surface area contributed by atoms with Gasteiger partial charge in [0.1, 0.15) is 13.2 Å². The average molecular weight is 882 g/mol. The summed E-state index contributed by atoms with van der Waals surface area (Å²) in [7, 11) is 1.57. The number of hydrogen-bond donors (Lipinski definition) is 3. The minimum absolute atomic E-state index is 0.0599. The number of quaternary nitrogens is 1. The first-order valence-corrected chi connectivity index (χ1v) is 27.4. The molecule has 0 heterocycles. The Hall–Kier alpha value is -1.28. The van der Waals surface area contributed by atoms with E-state index in [1.807, 2.05) is 27.2 Å². The van der Waals surface area contributed by atoms with Crippen molar-refractivity contribution in [1.29, 1.82) is 0 Å². The first-order valence-electron chi connectivity index (χ1n) is 25.9. The van der Waals surface area contributed by atoms with Crippen LogP contribution in [0.15, 0.2) is 36.5 Å². The second kappa shape index (κ2) is 43.9. The van der Waals surface area contributed by atoms with Crippen molar-refractivity contribution in [3.8, 4) is 0 Å². The molecule has 61 heavy (non-hydrogen) atoms. The van der Waals surface area contributed by atoms with E-state index in [0.29, 0.717) is 17.4 Å². The summed E-state index contributed by atoms with van der Waals surface area (Å²) in [4.78, 5) is 23.2. The smallest absolute Gasteiger partial charge is 0.387 e. The van der Waals surface area contributed by atoms with Crippen molar-refractivity contribution >= 4 is 13.7 Å². The molecule has 0 saturated heterocycles. The topological polar surface area (TPSA) is 105 Å². The molecule has 0 rings (SSSR count). The van der Waals surface area contributed by atoms with Gasteiger partial charge in [0.2, 0.25) is 5.91 Å². The molecule has 360 valence electrons. The van der Waals surface area contributed by atoms with Gasteiger partial charge in [-0.3, -0.25) is 13.8 Å². The van der Waals surface area contributed by atoms with Gasteiger partial charge in [0, 0.05) is 6.42 Å².